The predicted molar refractivity (Wildman–Crippen MR) is 86.3 cm³/mol. The Kier molecular flexibility index (Phi) is 4.17. The molecule has 1 aromatic carbocycles. The number of amidine groups is 1. The van der Waals surface area contributed by atoms with E-state index in [4.69, 9.17) is 5.26 Å². The van der Waals surface area contributed by atoms with Crippen LogP contribution >= 0.6 is 11.8 Å². The maximum atomic E-state index is 8.91. The van der Waals surface area contributed by atoms with E-state index in [1.165, 1.54) is 0 Å². The second-order valence-corrected chi connectivity index (χ2v) is 5.68. The molecule has 3 rings (SSSR count). The summed E-state index contributed by atoms with van der Waals surface area (Å²) < 4.78 is 0. The first kappa shape index (κ1) is 13.7. The first-order chi connectivity index (χ1) is 10.4. The van der Waals surface area contributed by atoms with Crippen LogP contribution in [0.25, 0.3) is 0 Å². The number of hydrogen-bond donors (Lipinski definition) is 0. The van der Waals surface area contributed by atoms with Gasteiger partial charge in [-0.05, 0) is 35.9 Å². The van der Waals surface area contributed by atoms with Crippen molar-refractivity contribution in [1.29, 1.82) is 5.26 Å². The molecule has 0 saturated heterocycles. The SMILES string of the molecule is N#Cc1ccc(N(Cc2cccnc2)C2=NCCS2)cc1. The summed E-state index contributed by atoms with van der Waals surface area (Å²) in [6.45, 7) is 1.59. The summed E-state index contributed by atoms with van der Waals surface area (Å²) in [4.78, 5) is 10.9. The molecule has 4 nitrogen and oxygen atoms in total. The van der Waals surface area contributed by atoms with Crippen LogP contribution in [0.2, 0.25) is 0 Å². The molecule has 104 valence electrons. The van der Waals surface area contributed by atoms with Gasteiger partial charge in [0, 0.05) is 23.8 Å². The molecule has 0 unspecified atom stereocenters. The summed E-state index contributed by atoms with van der Waals surface area (Å²) in [5.74, 6) is 1.02. The molecule has 1 aromatic heterocycles. The van der Waals surface area contributed by atoms with Gasteiger partial charge < -0.3 is 4.90 Å². The average molecular weight is 294 g/mol. The van der Waals surface area contributed by atoms with Crippen LogP contribution < -0.4 is 4.90 Å². The third-order valence-electron chi connectivity index (χ3n) is 3.17. The number of aliphatic imine (C=N–C) groups is 1. The molecule has 0 atom stereocenters. The van der Waals surface area contributed by atoms with Crippen LogP contribution in [0.4, 0.5) is 5.69 Å². The fraction of sp³-hybridized carbons (Fsp3) is 0.188. The van der Waals surface area contributed by atoms with Crippen LogP contribution in [-0.2, 0) is 6.54 Å². The minimum absolute atomic E-state index is 0.668. The first-order valence-corrected chi connectivity index (χ1v) is 7.69. The smallest absolute Gasteiger partial charge is 0.164 e. The van der Waals surface area contributed by atoms with Gasteiger partial charge in [-0.3, -0.25) is 9.98 Å². The minimum Gasteiger partial charge on any atom is -0.317 e. The highest BCUT2D eigenvalue weighted by Crippen LogP contribution is 2.25. The van der Waals surface area contributed by atoms with Crippen LogP contribution in [-0.4, -0.2) is 22.4 Å². The van der Waals surface area contributed by atoms with Gasteiger partial charge in [-0.2, -0.15) is 5.26 Å². The number of anilines is 1. The third kappa shape index (κ3) is 3.23. The fourth-order valence-corrected chi connectivity index (χ4v) is 3.02. The molecule has 1 aliphatic heterocycles. The summed E-state index contributed by atoms with van der Waals surface area (Å²) in [5, 5.41) is 9.95. The highest BCUT2D eigenvalue weighted by Gasteiger charge is 2.18. The van der Waals surface area contributed by atoms with Gasteiger partial charge in [0.1, 0.15) is 0 Å². The van der Waals surface area contributed by atoms with E-state index in [1.807, 2.05) is 36.5 Å². The van der Waals surface area contributed by atoms with Gasteiger partial charge in [-0.15, -0.1) is 0 Å². The number of aromatic nitrogens is 1. The van der Waals surface area contributed by atoms with Crippen molar-refractivity contribution in [3.05, 3.63) is 59.9 Å². The summed E-state index contributed by atoms with van der Waals surface area (Å²) in [6, 6.07) is 13.8. The lowest BCUT2D eigenvalue weighted by molar-refractivity contribution is 0.994. The van der Waals surface area contributed by atoms with Crippen molar-refractivity contribution in [2.45, 2.75) is 6.54 Å². The van der Waals surface area contributed by atoms with E-state index in [2.05, 4.69) is 27.0 Å². The molecule has 2 aromatic rings. The maximum Gasteiger partial charge on any atom is 0.164 e. The predicted octanol–water partition coefficient (Wildman–Crippen LogP) is 3.06. The van der Waals surface area contributed by atoms with Crippen molar-refractivity contribution in [2.75, 3.05) is 17.2 Å². The number of rotatable bonds is 3. The lowest BCUT2D eigenvalue weighted by Gasteiger charge is -2.24. The van der Waals surface area contributed by atoms with E-state index >= 15 is 0 Å². The van der Waals surface area contributed by atoms with Crippen LogP contribution in [0.15, 0.2) is 53.8 Å². The van der Waals surface area contributed by atoms with Crippen molar-refractivity contribution in [2.24, 2.45) is 4.99 Å². The topological polar surface area (TPSA) is 52.3 Å². The number of benzene rings is 1. The highest BCUT2D eigenvalue weighted by molar-refractivity contribution is 8.14. The normalized spacial score (nSPS) is 13.6. The lowest BCUT2D eigenvalue weighted by Crippen LogP contribution is -2.27. The zero-order valence-electron chi connectivity index (χ0n) is 11.4. The lowest BCUT2D eigenvalue weighted by atomic mass is 10.2. The zero-order valence-corrected chi connectivity index (χ0v) is 12.3. The Bertz CT molecular complexity index is 674. The second-order valence-electron chi connectivity index (χ2n) is 4.62. The Morgan fingerprint density at radius 3 is 2.71 bits per heavy atom. The zero-order chi connectivity index (χ0) is 14.5. The monoisotopic (exact) mass is 294 g/mol. The van der Waals surface area contributed by atoms with E-state index < -0.39 is 0 Å². The first-order valence-electron chi connectivity index (χ1n) is 6.71. The molecule has 5 heteroatoms. The molecule has 0 bridgehead atoms. The van der Waals surface area contributed by atoms with E-state index in [0.29, 0.717) is 5.56 Å². The molecule has 21 heavy (non-hydrogen) atoms. The fourth-order valence-electron chi connectivity index (χ4n) is 2.15. The van der Waals surface area contributed by atoms with Crippen molar-refractivity contribution in [3.8, 4) is 6.07 Å². The van der Waals surface area contributed by atoms with E-state index in [0.717, 1.165) is 35.3 Å². The van der Waals surface area contributed by atoms with Crippen molar-refractivity contribution in [1.82, 2.24) is 4.98 Å². The standard InChI is InChI=1S/C16H14N4S/c17-10-13-3-5-15(6-4-13)20(16-19-8-9-21-16)12-14-2-1-7-18-11-14/h1-7,11H,8-9,12H2. The number of nitriles is 1. The molecule has 0 aliphatic carbocycles. The minimum atomic E-state index is 0.668. The van der Waals surface area contributed by atoms with E-state index in [1.54, 1.807) is 18.0 Å². The second kappa shape index (κ2) is 6.42. The van der Waals surface area contributed by atoms with Crippen LogP contribution in [0, 0.1) is 11.3 Å². The number of hydrogen-bond acceptors (Lipinski definition) is 5. The molecule has 0 N–H and O–H groups in total. The molecule has 0 radical (unpaired) electrons. The molecule has 0 fully saturated rings. The van der Waals surface area contributed by atoms with Crippen molar-refractivity contribution >= 4 is 22.6 Å². The molecular weight excluding hydrogens is 280 g/mol. The van der Waals surface area contributed by atoms with Crippen LogP contribution in [0.1, 0.15) is 11.1 Å². The van der Waals surface area contributed by atoms with Crippen LogP contribution in [0.3, 0.4) is 0 Å². The van der Waals surface area contributed by atoms with Gasteiger partial charge in [0.15, 0.2) is 5.17 Å². The van der Waals surface area contributed by atoms with Gasteiger partial charge in [0.05, 0.1) is 24.7 Å². The molecule has 2 heterocycles. The summed E-state index contributed by atoms with van der Waals surface area (Å²) in [6.07, 6.45) is 3.65. The van der Waals surface area contributed by atoms with Crippen molar-refractivity contribution in [3.63, 3.8) is 0 Å². The Morgan fingerprint density at radius 1 is 1.24 bits per heavy atom. The average Bonchev–Trinajstić information content (AvgIpc) is 3.08. The molecule has 1 aliphatic rings. The number of pyridine rings is 1. The third-order valence-corrected chi connectivity index (χ3v) is 4.17. The Labute approximate surface area is 128 Å². The largest absolute Gasteiger partial charge is 0.317 e. The maximum absolute atomic E-state index is 8.91. The van der Waals surface area contributed by atoms with Crippen molar-refractivity contribution < 1.29 is 0 Å². The Hall–Kier alpha value is -2.32. The van der Waals surface area contributed by atoms with Gasteiger partial charge >= 0.3 is 0 Å². The molecule has 0 saturated carbocycles. The van der Waals surface area contributed by atoms with E-state index in [-0.39, 0.29) is 0 Å². The molecule has 0 amide bonds. The van der Waals surface area contributed by atoms with Gasteiger partial charge in [0.25, 0.3) is 0 Å². The highest BCUT2D eigenvalue weighted by atomic mass is 32.2. The van der Waals surface area contributed by atoms with E-state index in [9.17, 15) is 0 Å². The summed E-state index contributed by atoms with van der Waals surface area (Å²) in [5.41, 5.74) is 2.85. The summed E-state index contributed by atoms with van der Waals surface area (Å²) in [7, 11) is 0. The number of thioether (sulfide) groups is 1. The number of nitrogens with zero attached hydrogens (tertiary/aromatic N) is 4. The van der Waals surface area contributed by atoms with Gasteiger partial charge in [0.2, 0.25) is 0 Å². The quantitative estimate of drug-likeness (QED) is 0.873. The Morgan fingerprint density at radius 2 is 2.10 bits per heavy atom. The molecule has 0 spiro atoms. The summed E-state index contributed by atoms with van der Waals surface area (Å²) >= 11 is 1.77. The van der Waals surface area contributed by atoms with Gasteiger partial charge in [-0.25, -0.2) is 0 Å². The van der Waals surface area contributed by atoms with Crippen LogP contribution in [0.5, 0.6) is 0 Å². The Balaban J connectivity index is 1.90. The molecular formula is C16H14N4S. The van der Waals surface area contributed by atoms with Gasteiger partial charge in [-0.1, -0.05) is 17.8 Å².